The molecule has 1 fully saturated rings. The van der Waals surface area contributed by atoms with Crippen LogP contribution in [0.1, 0.15) is 46.5 Å². The van der Waals surface area contributed by atoms with Gasteiger partial charge in [-0.15, -0.1) is 0 Å². The van der Waals surface area contributed by atoms with Gasteiger partial charge in [0.1, 0.15) is 0 Å². The van der Waals surface area contributed by atoms with Crippen molar-refractivity contribution in [1.29, 1.82) is 0 Å². The van der Waals surface area contributed by atoms with E-state index in [0.717, 1.165) is 32.2 Å². The average Bonchev–Trinajstić information content (AvgIpc) is 2.58. The first-order valence-corrected chi connectivity index (χ1v) is 6.16. The van der Waals surface area contributed by atoms with Gasteiger partial charge in [-0.3, -0.25) is 4.79 Å². The second-order valence-corrected chi connectivity index (χ2v) is 4.79. The van der Waals surface area contributed by atoms with Crippen LogP contribution in [-0.4, -0.2) is 29.4 Å². The molecule has 88 valence electrons. The SMILES string of the molecule is CCCC(N)C(=O)N1CC(C)CC1CC. The Kier molecular flexibility index (Phi) is 4.58. The number of rotatable bonds is 4. The van der Waals surface area contributed by atoms with Crippen molar-refractivity contribution in [1.82, 2.24) is 4.90 Å². The summed E-state index contributed by atoms with van der Waals surface area (Å²) < 4.78 is 0. The number of amides is 1. The van der Waals surface area contributed by atoms with Gasteiger partial charge < -0.3 is 10.6 Å². The van der Waals surface area contributed by atoms with Crippen LogP contribution >= 0.6 is 0 Å². The minimum absolute atomic E-state index is 0.160. The lowest BCUT2D eigenvalue weighted by Gasteiger charge is -2.26. The van der Waals surface area contributed by atoms with Gasteiger partial charge in [-0.1, -0.05) is 27.2 Å². The van der Waals surface area contributed by atoms with Crippen LogP contribution < -0.4 is 5.73 Å². The second kappa shape index (κ2) is 5.50. The topological polar surface area (TPSA) is 46.3 Å². The first-order chi connectivity index (χ1) is 7.10. The molecule has 2 N–H and O–H groups in total. The molecular formula is C12H24N2O. The van der Waals surface area contributed by atoms with Gasteiger partial charge in [0.05, 0.1) is 6.04 Å². The van der Waals surface area contributed by atoms with E-state index in [4.69, 9.17) is 5.73 Å². The highest BCUT2D eigenvalue weighted by Crippen LogP contribution is 2.25. The Bertz CT molecular complexity index is 218. The summed E-state index contributed by atoms with van der Waals surface area (Å²) in [5, 5.41) is 0. The second-order valence-electron chi connectivity index (χ2n) is 4.79. The Morgan fingerprint density at radius 2 is 2.20 bits per heavy atom. The Morgan fingerprint density at radius 3 is 2.73 bits per heavy atom. The predicted molar refractivity (Wildman–Crippen MR) is 62.5 cm³/mol. The van der Waals surface area contributed by atoms with E-state index in [-0.39, 0.29) is 11.9 Å². The van der Waals surface area contributed by atoms with E-state index in [1.165, 1.54) is 0 Å². The van der Waals surface area contributed by atoms with Crippen LogP contribution in [0.3, 0.4) is 0 Å². The predicted octanol–water partition coefficient (Wildman–Crippen LogP) is 1.76. The number of nitrogens with two attached hydrogens (primary N) is 1. The zero-order valence-corrected chi connectivity index (χ0v) is 10.2. The first-order valence-electron chi connectivity index (χ1n) is 6.16. The summed E-state index contributed by atoms with van der Waals surface area (Å²) in [6.07, 6.45) is 3.98. The van der Waals surface area contributed by atoms with Crippen molar-refractivity contribution < 1.29 is 4.79 Å². The first kappa shape index (κ1) is 12.5. The highest BCUT2D eigenvalue weighted by Gasteiger charge is 2.33. The minimum atomic E-state index is -0.283. The molecule has 1 amide bonds. The monoisotopic (exact) mass is 212 g/mol. The van der Waals surface area contributed by atoms with Crippen molar-refractivity contribution in [2.24, 2.45) is 11.7 Å². The Labute approximate surface area is 93.0 Å². The van der Waals surface area contributed by atoms with Crippen molar-refractivity contribution in [3.63, 3.8) is 0 Å². The number of hydrogen-bond acceptors (Lipinski definition) is 2. The van der Waals surface area contributed by atoms with Crippen LogP contribution in [0.4, 0.5) is 0 Å². The molecule has 1 aliphatic heterocycles. The third-order valence-corrected chi connectivity index (χ3v) is 3.29. The van der Waals surface area contributed by atoms with E-state index in [9.17, 15) is 4.79 Å². The molecule has 1 aliphatic rings. The summed E-state index contributed by atoms with van der Waals surface area (Å²) in [5.41, 5.74) is 5.88. The maximum Gasteiger partial charge on any atom is 0.239 e. The number of likely N-dealkylation sites (tertiary alicyclic amines) is 1. The molecule has 3 unspecified atom stereocenters. The van der Waals surface area contributed by atoms with Crippen LogP contribution in [0.15, 0.2) is 0 Å². The molecule has 0 aliphatic carbocycles. The third kappa shape index (κ3) is 2.94. The Balaban J connectivity index is 2.58. The van der Waals surface area contributed by atoms with Gasteiger partial charge in [0, 0.05) is 12.6 Å². The van der Waals surface area contributed by atoms with Crippen LogP contribution in [-0.2, 0) is 4.79 Å². The Hall–Kier alpha value is -0.570. The lowest BCUT2D eigenvalue weighted by molar-refractivity contribution is -0.133. The molecule has 0 saturated carbocycles. The quantitative estimate of drug-likeness (QED) is 0.772. The Morgan fingerprint density at radius 1 is 1.53 bits per heavy atom. The summed E-state index contributed by atoms with van der Waals surface area (Å²) in [6, 6.07) is 0.143. The molecule has 1 rings (SSSR count). The van der Waals surface area contributed by atoms with Gasteiger partial charge in [-0.05, 0) is 25.2 Å². The van der Waals surface area contributed by atoms with E-state index in [1.807, 2.05) is 4.90 Å². The molecule has 0 aromatic rings. The number of hydrogen-bond donors (Lipinski definition) is 1. The molecule has 1 saturated heterocycles. The number of carbonyl (C=O) groups is 1. The fourth-order valence-corrected chi connectivity index (χ4v) is 2.46. The van der Waals surface area contributed by atoms with Gasteiger partial charge in [0.15, 0.2) is 0 Å². The molecule has 0 bridgehead atoms. The zero-order chi connectivity index (χ0) is 11.4. The van der Waals surface area contributed by atoms with Gasteiger partial charge >= 0.3 is 0 Å². The molecular weight excluding hydrogens is 188 g/mol. The molecule has 3 heteroatoms. The molecule has 3 nitrogen and oxygen atoms in total. The highest BCUT2D eigenvalue weighted by molar-refractivity contribution is 5.82. The average molecular weight is 212 g/mol. The van der Waals surface area contributed by atoms with Gasteiger partial charge in [0.2, 0.25) is 5.91 Å². The van der Waals surface area contributed by atoms with Gasteiger partial charge in [-0.25, -0.2) is 0 Å². The van der Waals surface area contributed by atoms with Gasteiger partial charge in [-0.2, -0.15) is 0 Å². The summed E-state index contributed by atoms with van der Waals surface area (Å²) in [6.45, 7) is 7.32. The van der Waals surface area contributed by atoms with Crippen molar-refractivity contribution >= 4 is 5.91 Å². The van der Waals surface area contributed by atoms with Crippen molar-refractivity contribution in [3.8, 4) is 0 Å². The third-order valence-electron chi connectivity index (χ3n) is 3.29. The molecule has 3 atom stereocenters. The molecule has 0 radical (unpaired) electrons. The maximum absolute atomic E-state index is 12.1. The minimum Gasteiger partial charge on any atom is -0.338 e. The molecule has 0 spiro atoms. The molecule has 15 heavy (non-hydrogen) atoms. The number of carbonyl (C=O) groups excluding carboxylic acids is 1. The summed E-state index contributed by atoms with van der Waals surface area (Å²) in [4.78, 5) is 14.1. The van der Waals surface area contributed by atoms with E-state index >= 15 is 0 Å². The van der Waals surface area contributed by atoms with E-state index < -0.39 is 0 Å². The van der Waals surface area contributed by atoms with Crippen molar-refractivity contribution in [2.45, 2.75) is 58.5 Å². The van der Waals surface area contributed by atoms with Crippen LogP contribution in [0.2, 0.25) is 0 Å². The molecule has 0 aromatic carbocycles. The van der Waals surface area contributed by atoms with E-state index in [0.29, 0.717) is 12.0 Å². The fraction of sp³-hybridized carbons (Fsp3) is 0.917. The largest absolute Gasteiger partial charge is 0.338 e. The van der Waals surface area contributed by atoms with Gasteiger partial charge in [0.25, 0.3) is 0 Å². The fourth-order valence-electron chi connectivity index (χ4n) is 2.46. The lowest BCUT2D eigenvalue weighted by atomic mass is 10.1. The van der Waals surface area contributed by atoms with E-state index in [1.54, 1.807) is 0 Å². The summed E-state index contributed by atoms with van der Waals surface area (Å²) in [5.74, 6) is 0.792. The van der Waals surface area contributed by atoms with Crippen LogP contribution in [0, 0.1) is 5.92 Å². The van der Waals surface area contributed by atoms with Crippen LogP contribution in [0.25, 0.3) is 0 Å². The van der Waals surface area contributed by atoms with E-state index in [2.05, 4.69) is 20.8 Å². The normalized spacial score (nSPS) is 28.1. The molecule has 1 heterocycles. The van der Waals surface area contributed by atoms with Crippen molar-refractivity contribution in [2.75, 3.05) is 6.54 Å². The lowest BCUT2D eigenvalue weighted by Crippen LogP contribution is -2.45. The van der Waals surface area contributed by atoms with Crippen molar-refractivity contribution in [3.05, 3.63) is 0 Å². The summed E-state index contributed by atoms with van der Waals surface area (Å²) >= 11 is 0. The zero-order valence-electron chi connectivity index (χ0n) is 10.2. The number of nitrogens with zero attached hydrogens (tertiary/aromatic N) is 1. The maximum atomic E-state index is 12.1. The standard InChI is InChI=1S/C12H24N2O/c1-4-6-11(13)12(15)14-8-9(3)7-10(14)5-2/h9-11H,4-8,13H2,1-3H3. The van der Waals surface area contributed by atoms with Crippen LogP contribution in [0.5, 0.6) is 0 Å². The summed E-state index contributed by atoms with van der Waals surface area (Å²) in [7, 11) is 0. The molecule has 0 aromatic heterocycles. The smallest absolute Gasteiger partial charge is 0.239 e. The highest BCUT2D eigenvalue weighted by atomic mass is 16.2.